The molecule has 0 aliphatic heterocycles. The average molecular weight is 314 g/mol. The Labute approximate surface area is 146 Å². The smallest absolute Gasteiger partial charge is 0.00611 e. The van der Waals surface area contributed by atoms with E-state index in [-0.39, 0.29) is 0 Å². The van der Waals surface area contributed by atoms with Gasteiger partial charge in [0, 0.05) is 11.8 Å². The molecule has 3 rings (SSSR count). The molecular weight excluding hydrogens is 288 g/mol. The molecular formula is C24H26. The van der Waals surface area contributed by atoms with Gasteiger partial charge in [0.25, 0.3) is 0 Å². The van der Waals surface area contributed by atoms with E-state index in [0.717, 1.165) is 0 Å². The lowest BCUT2D eigenvalue weighted by Crippen LogP contribution is -2.00. The summed E-state index contributed by atoms with van der Waals surface area (Å²) < 4.78 is 0. The minimum atomic E-state index is 0.413. The molecule has 0 spiro atoms. The highest BCUT2D eigenvalue weighted by Crippen LogP contribution is 2.29. The van der Waals surface area contributed by atoms with E-state index in [1.165, 1.54) is 33.4 Å². The molecule has 122 valence electrons. The Balaban J connectivity index is 1.88. The summed E-state index contributed by atoms with van der Waals surface area (Å²) in [6, 6.07) is 26.8. The number of benzene rings is 3. The van der Waals surface area contributed by atoms with Crippen LogP contribution in [0.15, 0.2) is 72.8 Å². The van der Waals surface area contributed by atoms with Gasteiger partial charge in [-0.1, -0.05) is 97.8 Å². The third-order valence-corrected chi connectivity index (χ3v) is 5.07. The third-order valence-electron chi connectivity index (χ3n) is 5.07. The molecule has 0 saturated carbocycles. The maximum atomic E-state index is 2.37. The number of hydrogen-bond acceptors (Lipinski definition) is 0. The molecule has 0 aliphatic rings. The van der Waals surface area contributed by atoms with Crippen LogP contribution in [0.4, 0.5) is 0 Å². The van der Waals surface area contributed by atoms with E-state index in [1.54, 1.807) is 0 Å². The Morgan fingerprint density at radius 1 is 0.500 bits per heavy atom. The first-order valence-corrected chi connectivity index (χ1v) is 8.77. The predicted molar refractivity (Wildman–Crippen MR) is 104 cm³/mol. The van der Waals surface area contributed by atoms with Crippen molar-refractivity contribution in [1.82, 2.24) is 0 Å². The first-order chi connectivity index (χ1) is 11.5. The Morgan fingerprint density at radius 3 is 1.25 bits per heavy atom. The van der Waals surface area contributed by atoms with Crippen molar-refractivity contribution >= 4 is 0 Å². The fourth-order valence-corrected chi connectivity index (χ4v) is 3.19. The second-order valence-corrected chi connectivity index (χ2v) is 6.93. The van der Waals surface area contributed by atoms with Gasteiger partial charge in [0.15, 0.2) is 0 Å². The van der Waals surface area contributed by atoms with Gasteiger partial charge in [-0.3, -0.25) is 0 Å². The average Bonchev–Trinajstić information content (AvgIpc) is 2.62. The van der Waals surface area contributed by atoms with Crippen molar-refractivity contribution in [2.24, 2.45) is 0 Å². The van der Waals surface area contributed by atoms with Crippen molar-refractivity contribution in [3.63, 3.8) is 0 Å². The maximum Gasteiger partial charge on any atom is 0.00611 e. The van der Waals surface area contributed by atoms with Crippen molar-refractivity contribution in [1.29, 1.82) is 0 Å². The van der Waals surface area contributed by atoms with Crippen LogP contribution in [-0.2, 0) is 0 Å². The van der Waals surface area contributed by atoms with Crippen molar-refractivity contribution < 1.29 is 0 Å². The summed E-state index contributed by atoms with van der Waals surface area (Å²) in [6.45, 7) is 8.86. The fraction of sp³-hybridized carbons (Fsp3) is 0.250. The van der Waals surface area contributed by atoms with Crippen LogP contribution in [0.1, 0.15) is 59.1 Å². The van der Waals surface area contributed by atoms with Crippen molar-refractivity contribution in [2.45, 2.75) is 39.5 Å². The fourth-order valence-electron chi connectivity index (χ4n) is 3.19. The van der Waals surface area contributed by atoms with Gasteiger partial charge in [-0.05, 0) is 36.1 Å². The minimum absolute atomic E-state index is 0.413. The molecule has 0 nitrogen and oxygen atoms in total. The molecule has 0 N–H and O–H groups in total. The van der Waals surface area contributed by atoms with Gasteiger partial charge >= 0.3 is 0 Å². The van der Waals surface area contributed by atoms with Gasteiger partial charge in [-0.2, -0.15) is 0 Å². The molecule has 0 heterocycles. The lowest BCUT2D eigenvalue weighted by molar-refractivity contribution is 0.886. The minimum Gasteiger partial charge on any atom is -0.0617 e. The molecule has 3 aromatic rings. The first kappa shape index (κ1) is 16.5. The van der Waals surface area contributed by atoms with E-state index in [2.05, 4.69) is 100 Å². The monoisotopic (exact) mass is 314 g/mol. The predicted octanol–water partition coefficient (Wildman–Crippen LogP) is 6.61. The Bertz CT molecular complexity index is 727. The van der Waals surface area contributed by atoms with Crippen LogP contribution in [0.3, 0.4) is 0 Å². The summed E-state index contributed by atoms with van der Waals surface area (Å²) in [5.41, 5.74) is 8.15. The molecule has 0 bridgehead atoms. The summed E-state index contributed by atoms with van der Waals surface area (Å²) in [6.07, 6.45) is 0. The van der Waals surface area contributed by atoms with Crippen LogP contribution in [0.2, 0.25) is 0 Å². The third kappa shape index (κ3) is 3.59. The normalized spacial score (nSPS) is 13.5. The largest absolute Gasteiger partial charge is 0.0617 e. The highest BCUT2D eigenvalue weighted by Gasteiger charge is 2.12. The second-order valence-electron chi connectivity index (χ2n) is 6.93. The quantitative estimate of drug-likeness (QED) is 0.508. The topological polar surface area (TPSA) is 0 Å². The van der Waals surface area contributed by atoms with Crippen LogP contribution in [0.25, 0.3) is 0 Å². The van der Waals surface area contributed by atoms with Crippen molar-refractivity contribution in [2.75, 3.05) is 0 Å². The molecule has 0 aliphatic carbocycles. The standard InChI is InChI=1S/C24H26/c1-17-8-12-21(13-9-17)19(3)23-6-5-7-24(16-23)20(4)22-14-10-18(2)11-15-22/h5-16,19-20H,1-4H3. The summed E-state index contributed by atoms with van der Waals surface area (Å²) in [7, 11) is 0. The molecule has 0 heteroatoms. The van der Waals surface area contributed by atoms with E-state index in [0.29, 0.717) is 11.8 Å². The van der Waals surface area contributed by atoms with Crippen molar-refractivity contribution in [3.8, 4) is 0 Å². The first-order valence-electron chi connectivity index (χ1n) is 8.77. The SMILES string of the molecule is Cc1ccc(C(C)c2cccc(C(C)c3ccc(C)cc3)c2)cc1. The molecule has 3 aromatic carbocycles. The van der Waals surface area contributed by atoms with Gasteiger partial charge in [0.05, 0.1) is 0 Å². The van der Waals surface area contributed by atoms with E-state index in [1.807, 2.05) is 0 Å². The molecule has 0 saturated heterocycles. The van der Waals surface area contributed by atoms with Gasteiger partial charge in [-0.15, -0.1) is 0 Å². The van der Waals surface area contributed by atoms with Crippen LogP contribution < -0.4 is 0 Å². The molecule has 0 aromatic heterocycles. The zero-order chi connectivity index (χ0) is 17.1. The Morgan fingerprint density at radius 2 is 0.875 bits per heavy atom. The summed E-state index contributed by atoms with van der Waals surface area (Å²) in [5, 5.41) is 0. The van der Waals surface area contributed by atoms with Crippen LogP contribution in [-0.4, -0.2) is 0 Å². The van der Waals surface area contributed by atoms with Gasteiger partial charge in [0.2, 0.25) is 0 Å². The van der Waals surface area contributed by atoms with E-state index in [4.69, 9.17) is 0 Å². The molecule has 0 fully saturated rings. The number of hydrogen-bond donors (Lipinski definition) is 0. The van der Waals surface area contributed by atoms with Crippen LogP contribution in [0.5, 0.6) is 0 Å². The molecule has 2 atom stereocenters. The van der Waals surface area contributed by atoms with E-state index >= 15 is 0 Å². The maximum absolute atomic E-state index is 2.37. The van der Waals surface area contributed by atoms with E-state index in [9.17, 15) is 0 Å². The lowest BCUT2D eigenvalue weighted by atomic mass is 9.87. The van der Waals surface area contributed by atoms with Gasteiger partial charge in [-0.25, -0.2) is 0 Å². The number of rotatable bonds is 4. The van der Waals surface area contributed by atoms with Crippen LogP contribution >= 0.6 is 0 Å². The van der Waals surface area contributed by atoms with Gasteiger partial charge < -0.3 is 0 Å². The van der Waals surface area contributed by atoms with Crippen LogP contribution in [0, 0.1) is 13.8 Å². The highest BCUT2D eigenvalue weighted by atomic mass is 14.2. The second kappa shape index (κ2) is 7.05. The molecule has 0 amide bonds. The molecule has 0 radical (unpaired) electrons. The summed E-state index contributed by atoms with van der Waals surface area (Å²) in [5.74, 6) is 0.825. The zero-order valence-corrected chi connectivity index (χ0v) is 15.1. The lowest BCUT2D eigenvalue weighted by Gasteiger charge is -2.17. The van der Waals surface area contributed by atoms with Crippen molar-refractivity contribution in [3.05, 3.63) is 106 Å². The zero-order valence-electron chi connectivity index (χ0n) is 15.1. The molecule has 24 heavy (non-hydrogen) atoms. The summed E-state index contributed by atoms with van der Waals surface area (Å²) >= 11 is 0. The number of aryl methyl sites for hydroxylation is 2. The Hall–Kier alpha value is -2.34. The highest BCUT2D eigenvalue weighted by molar-refractivity contribution is 5.39. The van der Waals surface area contributed by atoms with E-state index < -0.39 is 0 Å². The summed E-state index contributed by atoms with van der Waals surface area (Å²) in [4.78, 5) is 0. The van der Waals surface area contributed by atoms with Gasteiger partial charge in [0.1, 0.15) is 0 Å². The Kier molecular flexibility index (Phi) is 4.85. The molecule has 2 unspecified atom stereocenters.